The summed E-state index contributed by atoms with van der Waals surface area (Å²) in [7, 11) is 0. The molecule has 402 valence electrons. The van der Waals surface area contributed by atoms with Crippen LogP contribution in [-0.2, 0) is 28.6 Å². The normalized spacial score (nSPS) is 12.7. The standard InChI is InChI=1S/C64H110O6/c1-4-7-10-13-16-19-22-25-28-31-34-36-39-42-45-48-51-54-57-63(66)69-60-61(70-64(67)58-55-52-49-46-43-40-37-33-30-27-24-21-18-15-12-9-6-3)59-68-62(65)56-53-50-47-44-41-38-35-32-29-26-23-20-17-14-11-8-5-2/h9,12,18,21,26-27,29-30,34,36-37,40,46,49,61H,4-8,10-11,13-17,19-20,22-25,28,31-33,35,38-39,41-45,47-48,50-60H2,1-3H3/b12-9-,21-18-,29-26-,30-27-,36-34-,40-37-,49-46-. The van der Waals surface area contributed by atoms with Gasteiger partial charge in [0.2, 0.25) is 0 Å². The third-order valence-electron chi connectivity index (χ3n) is 12.6. The van der Waals surface area contributed by atoms with E-state index < -0.39 is 6.10 Å². The number of carbonyl (C=O) groups is 3. The topological polar surface area (TPSA) is 78.9 Å². The van der Waals surface area contributed by atoms with Crippen molar-refractivity contribution in [3.05, 3.63) is 85.1 Å². The fourth-order valence-corrected chi connectivity index (χ4v) is 8.17. The van der Waals surface area contributed by atoms with Crippen molar-refractivity contribution in [3.63, 3.8) is 0 Å². The summed E-state index contributed by atoms with van der Waals surface area (Å²) in [5.41, 5.74) is 0. The van der Waals surface area contributed by atoms with E-state index in [2.05, 4.69) is 106 Å². The van der Waals surface area contributed by atoms with E-state index in [9.17, 15) is 14.4 Å². The van der Waals surface area contributed by atoms with Crippen LogP contribution in [0, 0.1) is 0 Å². The van der Waals surface area contributed by atoms with Crippen LogP contribution in [0.4, 0.5) is 0 Å². The van der Waals surface area contributed by atoms with Crippen molar-refractivity contribution in [2.45, 2.75) is 290 Å². The molecule has 0 radical (unpaired) electrons. The molecule has 0 aromatic carbocycles. The number of hydrogen-bond donors (Lipinski definition) is 0. The summed E-state index contributed by atoms with van der Waals surface area (Å²) in [6.45, 7) is 6.48. The predicted molar refractivity (Wildman–Crippen MR) is 302 cm³/mol. The molecule has 0 spiro atoms. The first-order chi connectivity index (χ1) is 34.5. The average Bonchev–Trinajstić information content (AvgIpc) is 3.36. The van der Waals surface area contributed by atoms with Gasteiger partial charge in [0.25, 0.3) is 0 Å². The highest BCUT2D eigenvalue weighted by Crippen LogP contribution is 2.15. The molecule has 0 saturated carbocycles. The van der Waals surface area contributed by atoms with Crippen LogP contribution in [0.15, 0.2) is 85.1 Å². The quantitative estimate of drug-likeness (QED) is 0.0261. The van der Waals surface area contributed by atoms with E-state index in [1.54, 1.807) is 0 Å². The molecule has 0 heterocycles. The molecule has 6 nitrogen and oxygen atoms in total. The van der Waals surface area contributed by atoms with E-state index in [1.807, 2.05) is 0 Å². The minimum absolute atomic E-state index is 0.104. The smallest absolute Gasteiger partial charge is 0.306 e. The second-order valence-corrected chi connectivity index (χ2v) is 19.5. The molecule has 0 aromatic heterocycles. The van der Waals surface area contributed by atoms with Crippen molar-refractivity contribution >= 4 is 17.9 Å². The third-order valence-corrected chi connectivity index (χ3v) is 12.6. The van der Waals surface area contributed by atoms with Crippen LogP contribution in [0.1, 0.15) is 284 Å². The molecule has 0 amide bonds. The summed E-state index contributed by atoms with van der Waals surface area (Å²) in [5.74, 6) is -0.968. The lowest BCUT2D eigenvalue weighted by Gasteiger charge is -2.18. The largest absolute Gasteiger partial charge is 0.462 e. The first kappa shape index (κ1) is 66.6. The lowest BCUT2D eigenvalue weighted by molar-refractivity contribution is -0.167. The van der Waals surface area contributed by atoms with Crippen LogP contribution in [0.25, 0.3) is 0 Å². The highest BCUT2D eigenvalue weighted by molar-refractivity contribution is 5.71. The second-order valence-electron chi connectivity index (χ2n) is 19.5. The molecule has 0 aliphatic rings. The average molecular weight is 976 g/mol. The van der Waals surface area contributed by atoms with E-state index in [1.165, 1.54) is 154 Å². The molecule has 0 rings (SSSR count). The number of unbranched alkanes of at least 4 members (excludes halogenated alkanes) is 28. The maximum atomic E-state index is 12.8. The summed E-state index contributed by atoms with van der Waals surface area (Å²) in [6, 6.07) is 0. The van der Waals surface area contributed by atoms with Gasteiger partial charge in [-0.05, 0) is 109 Å². The Morgan fingerprint density at radius 2 is 0.571 bits per heavy atom. The fourth-order valence-electron chi connectivity index (χ4n) is 8.17. The number of rotatable bonds is 53. The third kappa shape index (κ3) is 55.5. The number of esters is 3. The Morgan fingerprint density at radius 3 is 0.929 bits per heavy atom. The fraction of sp³-hybridized carbons (Fsp3) is 0.734. The van der Waals surface area contributed by atoms with Gasteiger partial charge in [-0.25, -0.2) is 0 Å². The molecule has 1 unspecified atom stereocenters. The Morgan fingerprint density at radius 1 is 0.300 bits per heavy atom. The van der Waals surface area contributed by atoms with Crippen molar-refractivity contribution in [2.24, 2.45) is 0 Å². The maximum absolute atomic E-state index is 12.8. The molecule has 1 atom stereocenters. The first-order valence-corrected chi connectivity index (χ1v) is 29.6. The van der Waals surface area contributed by atoms with Gasteiger partial charge in [-0.3, -0.25) is 14.4 Å². The van der Waals surface area contributed by atoms with Crippen LogP contribution < -0.4 is 0 Å². The van der Waals surface area contributed by atoms with Gasteiger partial charge < -0.3 is 14.2 Å². The summed E-state index contributed by atoms with van der Waals surface area (Å²) in [5, 5.41) is 0. The zero-order valence-corrected chi connectivity index (χ0v) is 46.0. The Kier molecular flexibility index (Phi) is 55.3. The van der Waals surface area contributed by atoms with Crippen molar-refractivity contribution in [2.75, 3.05) is 13.2 Å². The Labute approximate surface area is 433 Å². The second kappa shape index (κ2) is 58.2. The summed E-state index contributed by atoms with van der Waals surface area (Å²) in [6.07, 6.45) is 75.8. The molecule has 0 aliphatic carbocycles. The lowest BCUT2D eigenvalue weighted by Crippen LogP contribution is -2.30. The molecule has 0 aliphatic heterocycles. The molecule has 0 fully saturated rings. The lowest BCUT2D eigenvalue weighted by atomic mass is 10.1. The van der Waals surface area contributed by atoms with Crippen molar-refractivity contribution in [3.8, 4) is 0 Å². The SMILES string of the molecule is CC/C=C\C/C=C\C/C=C\C/C=C\C/C=C\CCCC(=O)OC(COC(=O)CCCCCCC/C=C\CCCCCCCCCCC)COC(=O)CCCCCCCCC/C=C\CCCCCCCC. The van der Waals surface area contributed by atoms with Crippen molar-refractivity contribution < 1.29 is 28.6 Å². The van der Waals surface area contributed by atoms with Crippen molar-refractivity contribution in [1.82, 2.24) is 0 Å². The molecular formula is C64H110O6. The van der Waals surface area contributed by atoms with Gasteiger partial charge in [-0.1, -0.05) is 241 Å². The molecular weight excluding hydrogens is 865 g/mol. The number of carbonyl (C=O) groups excluding carboxylic acids is 3. The molecule has 70 heavy (non-hydrogen) atoms. The molecule has 0 N–H and O–H groups in total. The minimum Gasteiger partial charge on any atom is -0.462 e. The van der Waals surface area contributed by atoms with Gasteiger partial charge in [0.05, 0.1) is 0 Å². The Bertz CT molecular complexity index is 1350. The molecule has 6 heteroatoms. The van der Waals surface area contributed by atoms with Gasteiger partial charge in [0.1, 0.15) is 13.2 Å². The number of hydrogen-bond acceptors (Lipinski definition) is 6. The van der Waals surface area contributed by atoms with Gasteiger partial charge in [-0.15, -0.1) is 0 Å². The van der Waals surface area contributed by atoms with E-state index >= 15 is 0 Å². The van der Waals surface area contributed by atoms with E-state index in [0.717, 1.165) is 83.5 Å². The predicted octanol–water partition coefficient (Wildman–Crippen LogP) is 19.9. The highest BCUT2D eigenvalue weighted by atomic mass is 16.6. The Balaban J connectivity index is 4.47. The summed E-state index contributed by atoms with van der Waals surface area (Å²) in [4.78, 5) is 38.2. The van der Waals surface area contributed by atoms with E-state index in [0.29, 0.717) is 19.3 Å². The van der Waals surface area contributed by atoms with Gasteiger partial charge in [0.15, 0.2) is 6.10 Å². The molecule has 0 saturated heterocycles. The van der Waals surface area contributed by atoms with Crippen LogP contribution in [0.2, 0.25) is 0 Å². The summed E-state index contributed by atoms with van der Waals surface area (Å²) >= 11 is 0. The minimum atomic E-state index is -0.812. The van der Waals surface area contributed by atoms with Crippen LogP contribution in [-0.4, -0.2) is 37.2 Å². The van der Waals surface area contributed by atoms with Gasteiger partial charge in [0, 0.05) is 19.3 Å². The monoisotopic (exact) mass is 975 g/mol. The van der Waals surface area contributed by atoms with Crippen LogP contribution in [0.3, 0.4) is 0 Å². The Hall–Kier alpha value is -3.41. The van der Waals surface area contributed by atoms with Crippen molar-refractivity contribution in [1.29, 1.82) is 0 Å². The van der Waals surface area contributed by atoms with E-state index in [4.69, 9.17) is 14.2 Å². The molecule has 0 aromatic rings. The number of ether oxygens (including phenoxy) is 3. The summed E-state index contributed by atoms with van der Waals surface area (Å²) < 4.78 is 16.8. The zero-order valence-electron chi connectivity index (χ0n) is 46.0. The van der Waals surface area contributed by atoms with Gasteiger partial charge >= 0.3 is 17.9 Å². The maximum Gasteiger partial charge on any atom is 0.306 e. The van der Waals surface area contributed by atoms with Crippen LogP contribution in [0.5, 0.6) is 0 Å². The first-order valence-electron chi connectivity index (χ1n) is 29.6. The molecule has 0 bridgehead atoms. The van der Waals surface area contributed by atoms with E-state index in [-0.39, 0.29) is 37.5 Å². The van der Waals surface area contributed by atoms with Crippen LogP contribution >= 0.6 is 0 Å². The number of allylic oxidation sites excluding steroid dienone is 14. The highest BCUT2D eigenvalue weighted by Gasteiger charge is 2.19. The zero-order chi connectivity index (χ0) is 50.7. The van der Waals surface area contributed by atoms with Gasteiger partial charge in [-0.2, -0.15) is 0 Å².